The Labute approximate surface area is 120 Å². The Morgan fingerprint density at radius 1 is 1.29 bits per heavy atom. The maximum atomic E-state index is 12.6. The molecule has 0 spiro atoms. The van der Waals surface area contributed by atoms with Gasteiger partial charge in [-0.15, -0.1) is 5.10 Å². The number of aromatic nitrogens is 3. The summed E-state index contributed by atoms with van der Waals surface area (Å²) in [6.07, 6.45) is -4.36. The fourth-order valence-electron chi connectivity index (χ4n) is 1.99. The van der Waals surface area contributed by atoms with Gasteiger partial charge in [0, 0.05) is 12.1 Å². The second-order valence-electron chi connectivity index (χ2n) is 4.78. The molecule has 1 aromatic carbocycles. The highest BCUT2D eigenvalue weighted by Gasteiger charge is 2.30. The van der Waals surface area contributed by atoms with Crippen LogP contribution in [0.3, 0.4) is 0 Å². The Morgan fingerprint density at radius 2 is 1.90 bits per heavy atom. The Hall–Kier alpha value is -2.15. The van der Waals surface area contributed by atoms with Gasteiger partial charge in [0.15, 0.2) is 0 Å². The predicted molar refractivity (Wildman–Crippen MR) is 73.2 cm³/mol. The van der Waals surface area contributed by atoms with E-state index in [2.05, 4.69) is 16.9 Å². The van der Waals surface area contributed by atoms with Gasteiger partial charge in [0.2, 0.25) is 0 Å². The van der Waals surface area contributed by atoms with Crippen LogP contribution in [-0.4, -0.2) is 15.0 Å². The van der Waals surface area contributed by atoms with E-state index in [9.17, 15) is 13.2 Å². The normalized spacial score (nSPS) is 11.7. The van der Waals surface area contributed by atoms with Gasteiger partial charge < -0.3 is 5.73 Å². The summed E-state index contributed by atoms with van der Waals surface area (Å²) in [4.78, 5) is 0. The van der Waals surface area contributed by atoms with Crippen molar-refractivity contribution in [3.8, 4) is 11.3 Å². The molecule has 21 heavy (non-hydrogen) atoms. The highest BCUT2D eigenvalue weighted by atomic mass is 19.4. The Balaban J connectivity index is 2.45. The van der Waals surface area contributed by atoms with E-state index in [4.69, 9.17) is 5.73 Å². The molecule has 1 heterocycles. The van der Waals surface area contributed by atoms with E-state index in [-0.39, 0.29) is 6.54 Å². The summed E-state index contributed by atoms with van der Waals surface area (Å²) in [6, 6.07) is 4.87. The predicted octanol–water partition coefficient (Wildman–Crippen LogP) is 3.00. The molecule has 0 aliphatic heterocycles. The van der Waals surface area contributed by atoms with Crippen molar-refractivity contribution in [2.24, 2.45) is 5.73 Å². The lowest BCUT2D eigenvalue weighted by Gasteiger charge is -2.10. The fraction of sp³-hybridized carbons (Fsp3) is 0.286. The zero-order valence-electron chi connectivity index (χ0n) is 11.5. The SMILES string of the molecule is C=C(C)Cn1nnc(CN)c1-c1ccc(C(F)(F)F)cc1. The van der Waals surface area contributed by atoms with E-state index in [1.807, 2.05) is 6.92 Å². The van der Waals surface area contributed by atoms with Crippen LogP contribution in [0.1, 0.15) is 18.2 Å². The summed E-state index contributed by atoms with van der Waals surface area (Å²) >= 11 is 0. The summed E-state index contributed by atoms with van der Waals surface area (Å²) in [7, 11) is 0. The molecule has 0 atom stereocenters. The molecule has 0 fully saturated rings. The first kappa shape index (κ1) is 15.2. The summed E-state index contributed by atoms with van der Waals surface area (Å²) in [5, 5.41) is 7.94. The number of hydrogen-bond acceptors (Lipinski definition) is 3. The van der Waals surface area contributed by atoms with E-state index < -0.39 is 11.7 Å². The van der Waals surface area contributed by atoms with Gasteiger partial charge in [-0.3, -0.25) is 0 Å². The molecule has 7 heteroatoms. The third-order valence-corrected chi connectivity index (χ3v) is 2.90. The van der Waals surface area contributed by atoms with Gasteiger partial charge in [-0.05, 0) is 19.1 Å². The average Bonchev–Trinajstić information content (AvgIpc) is 2.80. The van der Waals surface area contributed by atoms with E-state index >= 15 is 0 Å². The van der Waals surface area contributed by atoms with Crippen molar-refractivity contribution in [2.75, 3.05) is 0 Å². The number of nitrogens with two attached hydrogens (primary N) is 1. The van der Waals surface area contributed by atoms with Crippen LogP contribution in [0.4, 0.5) is 13.2 Å². The summed E-state index contributed by atoms with van der Waals surface area (Å²) < 4.78 is 39.4. The molecular formula is C14H15F3N4. The fourth-order valence-corrected chi connectivity index (χ4v) is 1.99. The van der Waals surface area contributed by atoms with E-state index in [1.54, 1.807) is 4.68 Å². The summed E-state index contributed by atoms with van der Waals surface area (Å²) in [5.74, 6) is 0. The molecule has 0 aliphatic carbocycles. The van der Waals surface area contributed by atoms with Crippen LogP contribution < -0.4 is 5.73 Å². The first-order chi connectivity index (χ1) is 9.82. The van der Waals surface area contributed by atoms with Crippen LogP contribution in [0.15, 0.2) is 36.4 Å². The molecule has 0 bridgehead atoms. The molecule has 2 N–H and O–H groups in total. The van der Waals surface area contributed by atoms with Gasteiger partial charge in [-0.1, -0.05) is 29.5 Å². The topological polar surface area (TPSA) is 56.7 Å². The lowest BCUT2D eigenvalue weighted by Crippen LogP contribution is -2.07. The van der Waals surface area contributed by atoms with Gasteiger partial charge in [-0.2, -0.15) is 13.2 Å². The molecule has 2 rings (SSSR count). The highest BCUT2D eigenvalue weighted by Crippen LogP contribution is 2.31. The van der Waals surface area contributed by atoms with Crippen molar-refractivity contribution >= 4 is 0 Å². The number of hydrogen-bond donors (Lipinski definition) is 1. The maximum Gasteiger partial charge on any atom is 0.416 e. The molecule has 0 unspecified atom stereocenters. The number of benzene rings is 1. The van der Waals surface area contributed by atoms with Gasteiger partial charge >= 0.3 is 6.18 Å². The van der Waals surface area contributed by atoms with Crippen LogP contribution in [0.5, 0.6) is 0 Å². The number of rotatable bonds is 4. The molecule has 0 radical (unpaired) electrons. The van der Waals surface area contributed by atoms with Crippen molar-refractivity contribution in [1.82, 2.24) is 15.0 Å². The zero-order chi connectivity index (χ0) is 15.6. The summed E-state index contributed by atoms with van der Waals surface area (Å²) in [5.41, 5.74) is 7.53. The molecule has 1 aromatic heterocycles. The zero-order valence-corrected chi connectivity index (χ0v) is 11.5. The minimum Gasteiger partial charge on any atom is -0.325 e. The van der Waals surface area contributed by atoms with Gasteiger partial charge in [-0.25, -0.2) is 4.68 Å². The minimum atomic E-state index is -4.36. The third kappa shape index (κ3) is 3.30. The van der Waals surface area contributed by atoms with E-state index in [0.717, 1.165) is 17.7 Å². The molecule has 0 amide bonds. The number of nitrogens with zero attached hydrogens (tertiary/aromatic N) is 3. The molecule has 0 saturated carbocycles. The van der Waals surface area contributed by atoms with Crippen LogP contribution in [0.2, 0.25) is 0 Å². The molecule has 4 nitrogen and oxygen atoms in total. The van der Waals surface area contributed by atoms with Crippen LogP contribution >= 0.6 is 0 Å². The molecule has 112 valence electrons. The van der Waals surface area contributed by atoms with Gasteiger partial charge in [0.25, 0.3) is 0 Å². The van der Waals surface area contributed by atoms with Crippen molar-refractivity contribution < 1.29 is 13.2 Å². The lowest BCUT2D eigenvalue weighted by molar-refractivity contribution is -0.137. The molecule has 0 saturated heterocycles. The highest BCUT2D eigenvalue weighted by molar-refractivity contribution is 5.62. The Kier molecular flexibility index (Phi) is 4.13. The van der Waals surface area contributed by atoms with Crippen molar-refractivity contribution in [3.05, 3.63) is 47.7 Å². The smallest absolute Gasteiger partial charge is 0.325 e. The third-order valence-electron chi connectivity index (χ3n) is 2.90. The second kappa shape index (κ2) is 5.69. The van der Waals surface area contributed by atoms with E-state index in [0.29, 0.717) is 23.5 Å². The Bertz CT molecular complexity index is 641. The first-order valence-corrected chi connectivity index (χ1v) is 6.27. The van der Waals surface area contributed by atoms with E-state index in [1.165, 1.54) is 12.1 Å². The minimum absolute atomic E-state index is 0.159. The van der Waals surface area contributed by atoms with Gasteiger partial charge in [0.1, 0.15) is 5.69 Å². The largest absolute Gasteiger partial charge is 0.416 e. The van der Waals surface area contributed by atoms with Crippen LogP contribution in [0, 0.1) is 0 Å². The van der Waals surface area contributed by atoms with Crippen molar-refractivity contribution in [3.63, 3.8) is 0 Å². The van der Waals surface area contributed by atoms with Crippen LogP contribution in [0.25, 0.3) is 11.3 Å². The number of halogens is 3. The quantitative estimate of drug-likeness (QED) is 0.882. The maximum absolute atomic E-state index is 12.6. The number of allylic oxidation sites excluding steroid dienone is 1. The average molecular weight is 296 g/mol. The molecular weight excluding hydrogens is 281 g/mol. The second-order valence-corrected chi connectivity index (χ2v) is 4.78. The summed E-state index contributed by atoms with van der Waals surface area (Å²) in [6.45, 7) is 6.22. The lowest BCUT2D eigenvalue weighted by atomic mass is 10.1. The van der Waals surface area contributed by atoms with Gasteiger partial charge in [0.05, 0.1) is 17.8 Å². The Morgan fingerprint density at radius 3 is 2.38 bits per heavy atom. The van der Waals surface area contributed by atoms with Crippen molar-refractivity contribution in [1.29, 1.82) is 0 Å². The molecule has 2 aromatic rings. The molecule has 0 aliphatic rings. The first-order valence-electron chi connectivity index (χ1n) is 6.27. The standard InChI is InChI=1S/C14H15F3N4/c1-9(2)8-21-13(12(7-18)19-20-21)10-3-5-11(6-4-10)14(15,16)17/h3-6H,1,7-8,18H2,2H3. The van der Waals surface area contributed by atoms with Crippen LogP contribution in [-0.2, 0) is 19.3 Å². The number of alkyl halides is 3. The van der Waals surface area contributed by atoms with Crippen molar-refractivity contribution in [2.45, 2.75) is 26.2 Å². The monoisotopic (exact) mass is 296 g/mol.